The first-order chi connectivity index (χ1) is 16.1. The number of anilines is 1. The van der Waals surface area contributed by atoms with Crippen LogP contribution >= 0.6 is 0 Å². The van der Waals surface area contributed by atoms with Gasteiger partial charge in [0.2, 0.25) is 0 Å². The van der Waals surface area contributed by atoms with Crippen LogP contribution in [0.1, 0.15) is 80.2 Å². The first kappa shape index (κ1) is 23.9. The van der Waals surface area contributed by atoms with Gasteiger partial charge in [-0.25, -0.2) is 23.1 Å². The molecule has 0 spiro atoms. The molecule has 8 heteroatoms. The lowest BCUT2D eigenvalue weighted by Gasteiger charge is -2.32. The van der Waals surface area contributed by atoms with E-state index in [1.807, 2.05) is 13.8 Å². The summed E-state index contributed by atoms with van der Waals surface area (Å²) in [5.41, 5.74) is 0.119. The van der Waals surface area contributed by atoms with E-state index in [1.165, 1.54) is 24.7 Å². The zero-order valence-electron chi connectivity index (χ0n) is 19.4. The fourth-order valence-corrected chi connectivity index (χ4v) is 4.28. The average Bonchev–Trinajstić information content (AvgIpc) is 2.81. The predicted octanol–water partition coefficient (Wildman–Crippen LogP) is 6.58. The van der Waals surface area contributed by atoms with Gasteiger partial charge in [-0.3, -0.25) is 9.78 Å². The quantitative estimate of drug-likeness (QED) is 0.459. The molecule has 1 aliphatic rings. The highest BCUT2D eigenvalue weighted by Crippen LogP contribution is 2.44. The number of aromatic nitrogens is 3. The van der Waals surface area contributed by atoms with Gasteiger partial charge in [0.25, 0.3) is 5.91 Å². The summed E-state index contributed by atoms with van der Waals surface area (Å²) < 4.78 is 43.2. The molecule has 0 unspecified atom stereocenters. The summed E-state index contributed by atoms with van der Waals surface area (Å²) >= 11 is 0. The second kappa shape index (κ2) is 9.52. The molecule has 34 heavy (non-hydrogen) atoms. The third kappa shape index (κ3) is 5.11. The molecule has 1 N–H and O–H groups in total. The lowest BCUT2D eigenvalue weighted by molar-refractivity contribution is 0.102. The predicted molar refractivity (Wildman–Crippen MR) is 124 cm³/mol. The molecule has 3 aromatic rings. The smallest absolute Gasteiger partial charge is 0.258 e. The lowest BCUT2D eigenvalue weighted by atomic mass is 9.78. The topological polar surface area (TPSA) is 67.8 Å². The molecule has 1 amide bonds. The molecule has 2 heterocycles. The molecule has 178 valence electrons. The zero-order chi connectivity index (χ0) is 24.5. The maximum atomic E-state index is 14.7. The van der Waals surface area contributed by atoms with Crippen molar-refractivity contribution >= 4 is 11.6 Å². The highest BCUT2D eigenvalue weighted by molar-refractivity contribution is 6.06. The van der Waals surface area contributed by atoms with Crippen molar-refractivity contribution in [3.05, 3.63) is 71.6 Å². The normalized spacial score (nSPS) is 20.4. The van der Waals surface area contributed by atoms with Crippen molar-refractivity contribution in [2.75, 3.05) is 5.32 Å². The summed E-state index contributed by atoms with van der Waals surface area (Å²) in [6.45, 7) is 5.48. The Morgan fingerprint density at radius 2 is 1.74 bits per heavy atom. The van der Waals surface area contributed by atoms with Gasteiger partial charge in [0.1, 0.15) is 23.1 Å². The highest BCUT2D eigenvalue weighted by atomic mass is 19.1. The summed E-state index contributed by atoms with van der Waals surface area (Å²) in [5, 5.41) is 2.84. The van der Waals surface area contributed by atoms with E-state index in [2.05, 4.69) is 20.3 Å². The maximum absolute atomic E-state index is 14.7. The summed E-state index contributed by atoms with van der Waals surface area (Å²) in [4.78, 5) is 26.1. The van der Waals surface area contributed by atoms with Crippen LogP contribution in [0.4, 0.5) is 18.9 Å². The monoisotopic (exact) mass is 468 g/mol. The van der Waals surface area contributed by atoms with Crippen LogP contribution in [0.25, 0.3) is 11.1 Å². The van der Waals surface area contributed by atoms with Crippen molar-refractivity contribution in [2.45, 2.75) is 64.0 Å². The summed E-state index contributed by atoms with van der Waals surface area (Å²) in [5.74, 6) is -1.13. The third-order valence-electron chi connectivity index (χ3n) is 6.30. The van der Waals surface area contributed by atoms with Crippen LogP contribution in [0, 0.1) is 11.6 Å². The Labute approximate surface area is 196 Å². The molecular formula is C26H27F3N4O. The van der Waals surface area contributed by atoms with E-state index < -0.39 is 23.2 Å². The number of amides is 1. The van der Waals surface area contributed by atoms with Crippen LogP contribution in [0.15, 0.2) is 42.9 Å². The Balaban J connectivity index is 1.76. The molecule has 0 bridgehead atoms. The van der Waals surface area contributed by atoms with Crippen molar-refractivity contribution in [3.63, 3.8) is 0 Å². The number of hydrogen-bond acceptors (Lipinski definition) is 4. The molecule has 5 nitrogen and oxygen atoms in total. The van der Waals surface area contributed by atoms with Gasteiger partial charge in [0.15, 0.2) is 0 Å². The first-order valence-electron chi connectivity index (χ1n) is 11.4. The standard InChI is InChI=1S/C26H27F3N4O/c1-15(2)24-31-13-17(14-32-24)25(34)33-23-19(20-12-18(27)4-5-21(20)28)8-11-30-22(23)16-6-9-26(3,29)10-7-16/h4-5,8,11-16H,6-7,9-10H2,1-3H3,(H,33,34). The molecule has 0 saturated heterocycles. The Hall–Kier alpha value is -3.29. The first-order valence-corrected chi connectivity index (χ1v) is 11.4. The molecule has 1 aromatic carbocycles. The maximum Gasteiger partial charge on any atom is 0.258 e. The second-order valence-corrected chi connectivity index (χ2v) is 9.37. The lowest BCUT2D eigenvalue weighted by Crippen LogP contribution is -2.26. The highest BCUT2D eigenvalue weighted by Gasteiger charge is 2.33. The number of carbonyl (C=O) groups is 1. The van der Waals surface area contributed by atoms with Gasteiger partial charge in [-0.15, -0.1) is 0 Å². The molecule has 1 saturated carbocycles. The minimum absolute atomic E-state index is 0.0106. The van der Waals surface area contributed by atoms with Gasteiger partial charge < -0.3 is 5.32 Å². The van der Waals surface area contributed by atoms with E-state index in [0.717, 1.165) is 18.2 Å². The van der Waals surface area contributed by atoms with Crippen molar-refractivity contribution in [1.82, 2.24) is 15.0 Å². The Bertz CT molecular complexity index is 1190. The average molecular weight is 469 g/mol. The fraction of sp³-hybridized carbons (Fsp3) is 0.385. The number of hydrogen-bond donors (Lipinski definition) is 1. The van der Waals surface area contributed by atoms with E-state index in [0.29, 0.717) is 42.8 Å². The number of benzene rings is 1. The summed E-state index contributed by atoms with van der Waals surface area (Å²) in [7, 11) is 0. The van der Waals surface area contributed by atoms with E-state index >= 15 is 0 Å². The van der Waals surface area contributed by atoms with E-state index in [-0.39, 0.29) is 28.7 Å². The van der Waals surface area contributed by atoms with Gasteiger partial charge in [-0.1, -0.05) is 13.8 Å². The molecule has 2 aromatic heterocycles. The van der Waals surface area contributed by atoms with E-state index in [4.69, 9.17) is 0 Å². The molecule has 4 rings (SSSR count). The number of carbonyl (C=O) groups excluding carboxylic acids is 1. The third-order valence-corrected chi connectivity index (χ3v) is 6.30. The molecule has 1 fully saturated rings. The second-order valence-electron chi connectivity index (χ2n) is 9.37. The number of halogens is 3. The molecule has 0 atom stereocenters. The van der Waals surface area contributed by atoms with Crippen molar-refractivity contribution < 1.29 is 18.0 Å². The van der Waals surface area contributed by atoms with Gasteiger partial charge in [-0.2, -0.15) is 0 Å². The number of alkyl halides is 1. The van der Waals surface area contributed by atoms with E-state index in [9.17, 15) is 18.0 Å². The van der Waals surface area contributed by atoms with Crippen LogP contribution in [0.2, 0.25) is 0 Å². The van der Waals surface area contributed by atoms with E-state index in [1.54, 1.807) is 6.92 Å². The fourth-order valence-electron chi connectivity index (χ4n) is 4.28. The van der Waals surface area contributed by atoms with Crippen molar-refractivity contribution in [3.8, 4) is 11.1 Å². The van der Waals surface area contributed by atoms with Crippen LogP contribution in [0.5, 0.6) is 0 Å². The van der Waals surface area contributed by atoms with Gasteiger partial charge in [-0.05, 0) is 56.9 Å². The Morgan fingerprint density at radius 1 is 1.06 bits per heavy atom. The summed E-state index contributed by atoms with van der Waals surface area (Å²) in [6, 6.07) is 4.71. The van der Waals surface area contributed by atoms with Gasteiger partial charge >= 0.3 is 0 Å². The number of nitrogens with one attached hydrogen (secondary N) is 1. The van der Waals surface area contributed by atoms with Crippen LogP contribution < -0.4 is 5.32 Å². The molecule has 0 radical (unpaired) electrons. The Morgan fingerprint density at radius 3 is 2.38 bits per heavy atom. The Kier molecular flexibility index (Phi) is 6.68. The number of rotatable bonds is 5. The van der Waals surface area contributed by atoms with Crippen LogP contribution in [-0.4, -0.2) is 26.5 Å². The minimum Gasteiger partial charge on any atom is -0.320 e. The minimum atomic E-state index is -1.25. The molecule has 0 aliphatic heterocycles. The zero-order valence-corrected chi connectivity index (χ0v) is 19.4. The van der Waals surface area contributed by atoms with Crippen LogP contribution in [-0.2, 0) is 0 Å². The number of nitrogens with zero attached hydrogens (tertiary/aromatic N) is 3. The SMILES string of the molecule is CC(C)c1ncc(C(=O)Nc2c(-c3cc(F)ccc3F)ccnc2C2CCC(C)(F)CC2)cn1. The van der Waals surface area contributed by atoms with Crippen molar-refractivity contribution in [1.29, 1.82) is 0 Å². The van der Waals surface area contributed by atoms with Gasteiger partial charge in [0, 0.05) is 41.6 Å². The van der Waals surface area contributed by atoms with Gasteiger partial charge in [0.05, 0.1) is 16.9 Å². The summed E-state index contributed by atoms with van der Waals surface area (Å²) in [6.07, 6.45) is 6.16. The van der Waals surface area contributed by atoms with Crippen molar-refractivity contribution in [2.24, 2.45) is 0 Å². The number of pyridine rings is 1. The molecular weight excluding hydrogens is 441 g/mol. The molecule has 1 aliphatic carbocycles. The van der Waals surface area contributed by atoms with Crippen LogP contribution in [0.3, 0.4) is 0 Å². The largest absolute Gasteiger partial charge is 0.320 e.